The molecule has 1 heterocycles. The van der Waals surface area contributed by atoms with Crippen molar-refractivity contribution < 1.29 is 0 Å². The largest absolute Gasteiger partial charge is 0.278 e. The number of H-pyrrole nitrogens is 1. The molecule has 0 saturated carbocycles. The molecule has 76 valence electrons. The molecule has 0 fully saturated rings. The maximum absolute atomic E-state index is 6.08. The quantitative estimate of drug-likeness (QED) is 0.848. The summed E-state index contributed by atoms with van der Waals surface area (Å²) in [6, 6.07) is 7.29. The number of benzene rings is 1. The minimum absolute atomic E-state index is 0.513. The van der Waals surface area contributed by atoms with Gasteiger partial charge in [-0.25, -0.2) is 0 Å². The van der Waals surface area contributed by atoms with E-state index in [4.69, 9.17) is 23.2 Å². The van der Waals surface area contributed by atoms with Crippen molar-refractivity contribution in [2.24, 2.45) is 0 Å². The highest BCUT2D eigenvalue weighted by Gasteiger charge is 2.09. The molecule has 0 spiro atoms. The predicted octanol–water partition coefficient (Wildman–Crippen LogP) is 3.78. The van der Waals surface area contributed by atoms with Gasteiger partial charge in [0.2, 0.25) is 0 Å². The van der Waals surface area contributed by atoms with Crippen LogP contribution < -0.4 is 0 Å². The van der Waals surface area contributed by atoms with Crippen molar-refractivity contribution in [3.8, 4) is 0 Å². The molecule has 1 aromatic heterocycles. The van der Waals surface area contributed by atoms with E-state index in [1.165, 1.54) is 0 Å². The highest BCUT2D eigenvalue weighted by molar-refractivity contribution is 6.43. The van der Waals surface area contributed by atoms with E-state index in [1.54, 1.807) is 12.3 Å². The van der Waals surface area contributed by atoms with Gasteiger partial charge in [-0.15, -0.1) is 0 Å². The number of nitrogens with zero attached hydrogens (tertiary/aromatic N) is 1. The molecule has 1 aromatic carbocycles. The summed E-state index contributed by atoms with van der Waals surface area (Å²) in [6.07, 6.45) is 1.67. The number of aromatic nitrogens is 2. The Hall–Kier alpha value is -1.25. The van der Waals surface area contributed by atoms with Gasteiger partial charge in [0, 0.05) is 17.3 Å². The average molecular weight is 239 g/mol. The van der Waals surface area contributed by atoms with E-state index in [0.717, 1.165) is 16.8 Å². The van der Waals surface area contributed by atoms with Crippen LogP contribution in [0.3, 0.4) is 0 Å². The van der Waals surface area contributed by atoms with Gasteiger partial charge in [-0.2, -0.15) is 5.10 Å². The summed E-state index contributed by atoms with van der Waals surface area (Å²) in [5, 5.41) is 7.73. The minimum atomic E-state index is 0.513. The molecule has 0 radical (unpaired) electrons. The second kappa shape index (κ2) is 4.09. The number of halogens is 2. The number of rotatable bonds is 2. The van der Waals surface area contributed by atoms with Crippen LogP contribution in [0.2, 0.25) is 10.0 Å². The molecule has 0 saturated heterocycles. The topological polar surface area (TPSA) is 28.7 Å². The molecule has 2 nitrogen and oxygen atoms in total. The maximum Gasteiger partial charge on any atom is 0.0671 e. The number of hydrogen-bond acceptors (Lipinski definition) is 1. The summed E-state index contributed by atoms with van der Waals surface area (Å²) >= 11 is 12.0. The molecular weight excluding hydrogens is 231 g/mol. The van der Waals surface area contributed by atoms with Crippen molar-refractivity contribution in [2.75, 3.05) is 0 Å². The van der Waals surface area contributed by atoms with Crippen molar-refractivity contribution in [1.29, 1.82) is 0 Å². The number of nitrogens with one attached hydrogen (secondary N) is 1. The fraction of sp³-hybridized carbons (Fsp3) is 0. The summed E-state index contributed by atoms with van der Waals surface area (Å²) < 4.78 is 0. The van der Waals surface area contributed by atoms with Gasteiger partial charge in [0.15, 0.2) is 0 Å². The third-order valence-corrected chi connectivity index (χ3v) is 2.92. The van der Waals surface area contributed by atoms with E-state index in [0.29, 0.717) is 10.0 Å². The summed E-state index contributed by atoms with van der Waals surface area (Å²) in [7, 11) is 0. The monoisotopic (exact) mass is 238 g/mol. The van der Waals surface area contributed by atoms with Crippen LogP contribution in [0, 0.1) is 0 Å². The zero-order valence-electron chi connectivity index (χ0n) is 7.80. The summed E-state index contributed by atoms with van der Waals surface area (Å²) in [5.41, 5.74) is 2.42. The molecule has 0 atom stereocenters. The first-order chi connectivity index (χ1) is 7.20. The Morgan fingerprint density at radius 2 is 2.07 bits per heavy atom. The Morgan fingerprint density at radius 3 is 2.73 bits per heavy atom. The maximum atomic E-state index is 6.08. The molecule has 1 N–H and O–H groups in total. The molecule has 0 unspecified atom stereocenters. The number of hydrogen-bond donors (Lipinski definition) is 1. The zero-order valence-corrected chi connectivity index (χ0v) is 9.31. The Morgan fingerprint density at radius 1 is 1.27 bits per heavy atom. The Balaban J connectivity index is 2.47. The number of aromatic amines is 1. The van der Waals surface area contributed by atoms with Gasteiger partial charge in [-0.3, -0.25) is 5.10 Å². The Kier molecular flexibility index (Phi) is 2.80. The van der Waals surface area contributed by atoms with Gasteiger partial charge in [0.1, 0.15) is 0 Å². The summed E-state index contributed by atoms with van der Waals surface area (Å²) in [6.45, 7) is 3.96. The average Bonchev–Trinajstić information content (AvgIpc) is 2.74. The molecule has 0 aliphatic heterocycles. The van der Waals surface area contributed by atoms with Crippen molar-refractivity contribution in [2.45, 2.75) is 0 Å². The third-order valence-electron chi connectivity index (χ3n) is 2.10. The second-order valence-electron chi connectivity index (χ2n) is 3.05. The van der Waals surface area contributed by atoms with Gasteiger partial charge in [-0.1, -0.05) is 41.9 Å². The SMILES string of the molecule is C=C(c1ccn[nH]1)c1cccc(Cl)c1Cl. The van der Waals surface area contributed by atoms with Crippen LogP contribution in [0.4, 0.5) is 0 Å². The van der Waals surface area contributed by atoms with E-state index in [9.17, 15) is 0 Å². The van der Waals surface area contributed by atoms with Gasteiger partial charge in [-0.05, 0) is 12.1 Å². The summed E-state index contributed by atoms with van der Waals surface area (Å²) in [4.78, 5) is 0. The predicted molar refractivity (Wildman–Crippen MR) is 63.2 cm³/mol. The fourth-order valence-electron chi connectivity index (χ4n) is 1.31. The van der Waals surface area contributed by atoms with E-state index in [1.807, 2.05) is 18.2 Å². The lowest BCUT2D eigenvalue weighted by atomic mass is 10.1. The first kappa shape index (κ1) is 10.3. The van der Waals surface area contributed by atoms with E-state index in [-0.39, 0.29) is 0 Å². The molecular formula is C11H8Cl2N2. The smallest absolute Gasteiger partial charge is 0.0671 e. The third kappa shape index (κ3) is 1.91. The normalized spacial score (nSPS) is 10.3. The first-order valence-electron chi connectivity index (χ1n) is 4.33. The van der Waals surface area contributed by atoms with Crippen molar-refractivity contribution >= 4 is 28.8 Å². The van der Waals surface area contributed by atoms with E-state index >= 15 is 0 Å². The molecule has 15 heavy (non-hydrogen) atoms. The molecule has 4 heteroatoms. The van der Waals surface area contributed by atoms with Crippen LogP contribution in [0.15, 0.2) is 37.0 Å². The Bertz CT molecular complexity index is 489. The van der Waals surface area contributed by atoms with Crippen LogP contribution in [0.25, 0.3) is 5.57 Å². The van der Waals surface area contributed by atoms with Crippen LogP contribution in [-0.2, 0) is 0 Å². The standard InChI is InChI=1S/C11H8Cl2N2/c1-7(10-5-6-14-15-10)8-3-2-4-9(12)11(8)13/h2-6H,1H2,(H,14,15). The Labute approximate surface area is 97.5 Å². The first-order valence-corrected chi connectivity index (χ1v) is 5.09. The van der Waals surface area contributed by atoms with E-state index in [2.05, 4.69) is 16.8 Å². The van der Waals surface area contributed by atoms with Crippen LogP contribution in [0.5, 0.6) is 0 Å². The van der Waals surface area contributed by atoms with Gasteiger partial charge in [0.25, 0.3) is 0 Å². The highest BCUT2D eigenvalue weighted by Crippen LogP contribution is 2.31. The molecule has 2 aromatic rings. The molecule has 0 aliphatic rings. The lowest BCUT2D eigenvalue weighted by Crippen LogP contribution is -1.88. The van der Waals surface area contributed by atoms with Crippen LogP contribution in [0.1, 0.15) is 11.3 Å². The van der Waals surface area contributed by atoms with Crippen LogP contribution in [-0.4, -0.2) is 10.2 Å². The fourth-order valence-corrected chi connectivity index (χ4v) is 1.72. The van der Waals surface area contributed by atoms with E-state index < -0.39 is 0 Å². The second-order valence-corrected chi connectivity index (χ2v) is 3.84. The minimum Gasteiger partial charge on any atom is -0.278 e. The highest BCUT2D eigenvalue weighted by atomic mass is 35.5. The molecule has 0 amide bonds. The lowest BCUT2D eigenvalue weighted by molar-refractivity contribution is 1.07. The van der Waals surface area contributed by atoms with Crippen LogP contribution >= 0.6 is 23.2 Å². The van der Waals surface area contributed by atoms with Crippen molar-refractivity contribution in [3.05, 3.63) is 58.3 Å². The lowest BCUT2D eigenvalue weighted by Gasteiger charge is -2.06. The zero-order chi connectivity index (χ0) is 10.8. The van der Waals surface area contributed by atoms with Crippen molar-refractivity contribution in [3.63, 3.8) is 0 Å². The molecule has 0 aliphatic carbocycles. The molecule has 2 rings (SSSR count). The van der Waals surface area contributed by atoms with Gasteiger partial charge >= 0.3 is 0 Å². The van der Waals surface area contributed by atoms with Crippen molar-refractivity contribution in [1.82, 2.24) is 10.2 Å². The molecule has 0 bridgehead atoms. The summed E-state index contributed by atoms with van der Waals surface area (Å²) in [5.74, 6) is 0. The van der Waals surface area contributed by atoms with Gasteiger partial charge < -0.3 is 0 Å². The van der Waals surface area contributed by atoms with Gasteiger partial charge in [0.05, 0.1) is 15.7 Å².